The Bertz CT molecular complexity index is 360. The number of amides is 1. The minimum atomic E-state index is -0.0559. The molecule has 2 N–H and O–H groups in total. The van der Waals surface area contributed by atoms with Crippen LogP contribution in [0.25, 0.3) is 0 Å². The molecule has 0 bridgehead atoms. The highest BCUT2D eigenvalue weighted by Crippen LogP contribution is 2.26. The van der Waals surface area contributed by atoms with Crippen molar-refractivity contribution >= 4 is 28.8 Å². The Kier molecular flexibility index (Phi) is 2.76. The molecule has 1 saturated heterocycles. The lowest BCUT2D eigenvalue weighted by atomic mass is 10.2. The van der Waals surface area contributed by atoms with Crippen LogP contribution in [0.1, 0.15) is 15.2 Å². The fourth-order valence-electron chi connectivity index (χ4n) is 1.22. The molecular weight excluding hydrogens is 220 g/mol. The molecule has 1 aliphatic rings. The van der Waals surface area contributed by atoms with Gasteiger partial charge in [-0.3, -0.25) is 4.79 Å². The van der Waals surface area contributed by atoms with Gasteiger partial charge in [-0.1, -0.05) is 11.6 Å². The summed E-state index contributed by atoms with van der Waals surface area (Å²) in [7, 11) is 0. The second-order valence-corrected chi connectivity index (χ2v) is 4.65. The molecule has 76 valence electrons. The van der Waals surface area contributed by atoms with E-state index < -0.39 is 0 Å². The quantitative estimate of drug-likeness (QED) is 0.807. The number of halogens is 1. The zero-order valence-corrected chi connectivity index (χ0v) is 9.34. The van der Waals surface area contributed by atoms with E-state index in [4.69, 9.17) is 11.6 Å². The zero-order valence-electron chi connectivity index (χ0n) is 7.76. The van der Waals surface area contributed by atoms with Gasteiger partial charge in [-0.05, 0) is 17.9 Å². The van der Waals surface area contributed by atoms with Crippen LogP contribution in [0.5, 0.6) is 0 Å². The van der Waals surface area contributed by atoms with Crippen LogP contribution in [0.2, 0.25) is 5.02 Å². The van der Waals surface area contributed by atoms with E-state index >= 15 is 0 Å². The minimum Gasteiger partial charge on any atom is -0.346 e. The number of thiophene rings is 1. The lowest BCUT2D eigenvalue weighted by molar-refractivity contribution is 0.0928. The normalized spacial score (nSPS) is 16.4. The number of carbonyl (C=O) groups excluding carboxylic acids is 1. The summed E-state index contributed by atoms with van der Waals surface area (Å²) in [6.45, 7) is 3.61. The van der Waals surface area contributed by atoms with Crippen LogP contribution in [-0.2, 0) is 0 Å². The van der Waals surface area contributed by atoms with Gasteiger partial charge in [0, 0.05) is 13.1 Å². The monoisotopic (exact) mass is 230 g/mol. The van der Waals surface area contributed by atoms with Crippen LogP contribution >= 0.6 is 22.9 Å². The van der Waals surface area contributed by atoms with Crippen LogP contribution in [0.15, 0.2) is 5.38 Å². The van der Waals surface area contributed by atoms with Gasteiger partial charge in [0.05, 0.1) is 11.1 Å². The number of hydrogen-bond acceptors (Lipinski definition) is 3. The summed E-state index contributed by atoms with van der Waals surface area (Å²) in [4.78, 5) is 12.3. The van der Waals surface area contributed by atoms with E-state index in [1.54, 1.807) is 0 Å². The molecule has 0 unspecified atom stereocenters. The summed E-state index contributed by atoms with van der Waals surface area (Å²) >= 11 is 7.38. The average molecular weight is 231 g/mol. The van der Waals surface area contributed by atoms with Crippen LogP contribution in [0.3, 0.4) is 0 Å². The summed E-state index contributed by atoms with van der Waals surface area (Å²) in [6, 6.07) is 0.265. The maximum absolute atomic E-state index is 11.7. The molecule has 1 aliphatic heterocycles. The number of hydrogen-bond donors (Lipinski definition) is 2. The highest BCUT2D eigenvalue weighted by molar-refractivity contribution is 7.13. The topological polar surface area (TPSA) is 41.1 Å². The molecule has 3 nitrogen and oxygen atoms in total. The van der Waals surface area contributed by atoms with E-state index in [1.165, 1.54) is 11.3 Å². The fraction of sp³-hybridized carbons (Fsp3) is 0.444. The van der Waals surface area contributed by atoms with Gasteiger partial charge in [-0.15, -0.1) is 11.3 Å². The van der Waals surface area contributed by atoms with Gasteiger partial charge >= 0.3 is 0 Å². The van der Waals surface area contributed by atoms with Gasteiger partial charge in [0.15, 0.2) is 0 Å². The maximum atomic E-state index is 11.7. The van der Waals surface area contributed by atoms with Crippen LogP contribution in [0, 0.1) is 6.92 Å². The van der Waals surface area contributed by atoms with Gasteiger partial charge in [0.25, 0.3) is 5.91 Å². The van der Waals surface area contributed by atoms with E-state index in [-0.39, 0.29) is 11.9 Å². The van der Waals surface area contributed by atoms with Crippen molar-refractivity contribution in [2.75, 3.05) is 13.1 Å². The van der Waals surface area contributed by atoms with Crippen molar-refractivity contribution in [1.29, 1.82) is 0 Å². The van der Waals surface area contributed by atoms with E-state index in [9.17, 15) is 4.79 Å². The van der Waals surface area contributed by atoms with E-state index in [0.717, 1.165) is 18.7 Å². The lowest BCUT2D eigenvalue weighted by Gasteiger charge is -2.27. The molecule has 0 atom stereocenters. The number of carbonyl (C=O) groups is 1. The highest BCUT2D eigenvalue weighted by atomic mass is 35.5. The molecule has 0 spiro atoms. The molecule has 1 aromatic rings. The van der Waals surface area contributed by atoms with Crippen molar-refractivity contribution in [3.8, 4) is 0 Å². The van der Waals surface area contributed by atoms with Crippen molar-refractivity contribution in [2.45, 2.75) is 13.0 Å². The number of aryl methyl sites for hydroxylation is 1. The maximum Gasteiger partial charge on any atom is 0.263 e. The Balaban J connectivity index is 2.06. The van der Waals surface area contributed by atoms with Gasteiger partial charge < -0.3 is 10.6 Å². The number of nitrogens with one attached hydrogen (secondary N) is 2. The van der Waals surface area contributed by atoms with Gasteiger partial charge in [0.2, 0.25) is 0 Å². The Morgan fingerprint density at radius 1 is 1.71 bits per heavy atom. The summed E-state index contributed by atoms with van der Waals surface area (Å²) < 4.78 is 0. The summed E-state index contributed by atoms with van der Waals surface area (Å²) in [6.07, 6.45) is 0. The molecular formula is C9H11ClN2OS. The molecule has 1 fully saturated rings. The van der Waals surface area contributed by atoms with Crippen molar-refractivity contribution in [3.63, 3.8) is 0 Å². The fourth-order valence-corrected chi connectivity index (χ4v) is 2.41. The van der Waals surface area contributed by atoms with E-state index in [1.807, 2.05) is 12.3 Å². The lowest BCUT2D eigenvalue weighted by Crippen LogP contribution is -2.56. The van der Waals surface area contributed by atoms with Gasteiger partial charge in [0.1, 0.15) is 4.88 Å². The molecule has 2 rings (SSSR count). The predicted molar refractivity (Wildman–Crippen MR) is 58.2 cm³/mol. The molecule has 1 aromatic heterocycles. The zero-order chi connectivity index (χ0) is 10.1. The predicted octanol–water partition coefficient (Wildman–Crippen LogP) is 1.41. The van der Waals surface area contributed by atoms with Crippen molar-refractivity contribution < 1.29 is 4.79 Å². The first kappa shape index (κ1) is 9.96. The first-order valence-corrected chi connectivity index (χ1v) is 5.69. The third-order valence-electron chi connectivity index (χ3n) is 2.22. The summed E-state index contributed by atoms with van der Waals surface area (Å²) in [5, 5.41) is 8.49. The summed E-state index contributed by atoms with van der Waals surface area (Å²) in [5.74, 6) is -0.0559. The van der Waals surface area contributed by atoms with Crippen LogP contribution in [0.4, 0.5) is 0 Å². The Morgan fingerprint density at radius 2 is 2.43 bits per heavy atom. The molecule has 14 heavy (non-hydrogen) atoms. The second kappa shape index (κ2) is 3.88. The molecule has 1 amide bonds. The largest absolute Gasteiger partial charge is 0.346 e. The first-order chi connectivity index (χ1) is 6.68. The molecule has 0 saturated carbocycles. The first-order valence-electron chi connectivity index (χ1n) is 4.43. The Hall–Kier alpha value is -0.580. The third kappa shape index (κ3) is 1.78. The molecule has 2 heterocycles. The molecule has 5 heteroatoms. The SMILES string of the molecule is Cc1csc(C(=O)NC2CNC2)c1Cl. The molecule has 0 radical (unpaired) electrons. The Morgan fingerprint density at radius 3 is 2.86 bits per heavy atom. The molecule has 0 aromatic carbocycles. The minimum absolute atomic E-state index is 0.0559. The second-order valence-electron chi connectivity index (χ2n) is 3.39. The highest BCUT2D eigenvalue weighted by Gasteiger charge is 2.22. The van der Waals surface area contributed by atoms with Crippen molar-refractivity contribution in [2.24, 2.45) is 0 Å². The molecule has 0 aliphatic carbocycles. The van der Waals surface area contributed by atoms with E-state index in [0.29, 0.717) is 9.90 Å². The average Bonchev–Trinajstić information content (AvgIpc) is 2.41. The van der Waals surface area contributed by atoms with Gasteiger partial charge in [-0.25, -0.2) is 0 Å². The standard InChI is InChI=1S/C9H11ClN2OS/c1-5-4-14-8(7(5)10)9(13)12-6-2-11-3-6/h4,6,11H,2-3H2,1H3,(H,12,13). The van der Waals surface area contributed by atoms with Crippen molar-refractivity contribution in [3.05, 3.63) is 20.8 Å². The van der Waals surface area contributed by atoms with Gasteiger partial charge in [-0.2, -0.15) is 0 Å². The van der Waals surface area contributed by atoms with Crippen LogP contribution < -0.4 is 10.6 Å². The van der Waals surface area contributed by atoms with Crippen LogP contribution in [-0.4, -0.2) is 25.0 Å². The van der Waals surface area contributed by atoms with E-state index in [2.05, 4.69) is 10.6 Å². The number of rotatable bonds is 2. The smallest absolute Gasteiger partial charge is 0.263 e. The summed E-state index contributed by atoms with van der Waals surface area (Å²) in [5.41, 5.74) is 0.966. The Labute approximate surface area is 91.5 Å². The third-order valence-corrected chi connectivity index (χ3v) is 3.92. The van der Waals surface area contributed by atoms with Crippen molar-refractivity contribution in [1.82, 2.24) is 10.6 Å².